The van der Waals surface area contributed by atoms with E-state index in [0.29, 0.717) is 19.5 Å². The van der Waals surface area contributed by atoms with Crippen LogP contribution in [0.5, 0.6) is 0 Å². The van der Waals surface area contributed by atoms with E-state index in [2.05, 4.69) is 5.32 Å². The molecule has 0 radical (unpaired) electrons. The molecule has 0 aromatic heterocycles. The van der Waals surface area contributed by atoms with Crippen molar-refractivity contribution in [2.75, 3.05) is 18.4 Å². The molecule has 0 bridgehead atoms. The van der Waals surface area contributed by atoms with E-state index in [0.717, 1.165) is 22.4 Å². The van der Waals surface area contributed by atoms with Gasteiger partial charge in [-0.3, -0.25) is 9.59 Å². The summed E-state index contributed by atoms with van der Waals surface area (Å²) in [5, 5.41) is 2.98. The lowest BCUT2D eigenvalue weighted by molar-refractivity contribution is -0.128. The van der Waals surface area contributed by atoms with Crippen molar-refractivity contribution in [2.24, 2.45) is 5.92 Å². The highest BCUT2D eigenvalue weighted by atomic mass is 19.1. The topological polar surface area (TPSA) is 49.4 Å². The molecule has 4 nitrogen and oxygen atoms in total. The standard InChI is InChI=1S/C21H23FN2O2/c1-14-4-3-5-15(2)20(14)23-21(26)17-12-19(25)24(13-17)11-10-16-6-8-18(22)9-7-16/h3-9,17H,10-13H2,1-2H3,(H,23,26). The second-order valence-corrected chi connectivity index (χ2v) is 6.87. The summed E-state index contributed by atoms with van der Waals surface area (Å²) in [6.45, 7) is 4.88. The summed E-state index contributed by atoms with van der Waals surface area (Å²) in [6.07, 6.45) is 0.886. The van der Waals surface area contributed by atoms with Crippen LogP contribution in [-0.4, -0.2) is 29.8 Å². The Kier molecular flexibility index (Phi) is 5.35. The molecule has 2 aromatic rings. The summed E-state index contributed by atoms with van der Waals surface area (Å²) < 4.78 is 13.0. The van der Waals surface area contributed by atoms with Gasteiger partial charge in [-0.05, 0) is 49.1 Å². The van der Waals surface area contributed by atoms with E-state index in [1.54, 1.807) is 17.0 Å². The number of benzene rings is 2. The fourth-order valence-electron chi connectivity index (χ4n) is 3.32. The quantitative estimate of drug-likeness (QED) is 0.894. The third-order valence-corrected chi connectivity index (χ3v) is 4.90. The fourth-order valence-corrected chi connectivity index (χ4v) is 3.32. The van der Waals surface area contributed by atoms with Crippen molar-refractivity contribution in [2.45, 2.75) is 26.7 Å². The molecule has 2 amide bonds. The van der Waals surface area contributed by atoms with Crippen molar-refractivity contribution >= 4 is 17.5 Å². The highest BCUT2D eigenvalue weighted by Crippen LogP contribution is 2.24. The minimum absolute atomic E-state index is 0.00577. The molecule has 2 aromatic carbocycles. The summed E-state index contributed by atoms with van der Waals surface area (Å²) in [5.74, 6) is -0.724. The zero-order valence-electron chi connectivity index (χ0n) is 15.1. The number of anilines is 1. The molecule has 5 heteroatoms. The number of hydrogen-bond acceptors (Lipinski definition) is 2. The van der Waals surface area contributed by atoms with Crippen LogP contribution in [0.4, 0.5) is 10.1 Å². The average Bonchev–Trinajstić information content (AvgIpc) is 2.99. The van der Waals surface area contributed by atoms with E-state index >= 15 is 0 Å². The molecular formula is C21H23FN2O2. The van der Waals surface area contributed by atoms with Gasteiger partial charge < -0.3 is 10.2 Å². The Bertz CT molecular complexity index is 797. The predicted molar refractivity (Wildman–Crippen MR) is 99.3 cm³/mol. The maximum absolute atomic E-state index is 13.0. The van der Waals surface area contributed by atoms with Crippen LogP contribution in [0.25, 0.3) is 0 Å². The Hall–Kier alpha value is -2.69. The number of rotatable bonds is 5. The molecule has 3 rings (SSSR count). The highest BCUT2D eigenvalue weighted by Gasteiger charge is 2.34. The summed E-state index contributed by atoms with van der Waals surface area (Å²) in [7, 11) is 0. The zero-order valence-corrected chi connectivity index (χ0v) is 15.1. The number of halogens is 1. The number of carbonyl (C=O) groups is 2. The summed E-state index contributed by atoms with van der Waals surface area (Å²) >= 11 is 0. The number of nitrogens with one attached hydrogen (secondary N) is 1. The summed E-state index contributed by atoms with van der Waals surface area (Å²) in [4.78, 5) is 26.5. The molecule has 1 aliphatic rings. The first-order valence-corrected chi connectivity index (χ1v) is 8.83. The Balaban J connectivity index is 1.58. The Morgan fingerprint density at radius 3 is 2.46 bits per heavy atom. The smallest absolute Gasteiger partial charge is 0.229 e. The van der Waals surface area contributed by atoms with Gasteiger partial charge in [-0.15, -0.1) is 0 Å². The Labute approximate surface area is 153 Å². The van der Waals surface area contributed by atoms with Gasteiger partial charge in [-0.2, -0.15) is 0 Å². The first-order valence-electron chi connectivity index (χ1n) is 8.83. The van der Waals surface area contributed by atoms with Crippen LogP contribution < -0.4 is 5.32 Å². The molecule has 1 aliphatic heterocycles. The van der Waals surface area contributed by atoms with Gasteiger partial charge in [0, 0.05) is 25.2 Å². The Morgan fingerprint density at radius 2 is 1.81 bits per heavy atom. The van der Waals surface area contributed by atoms with Gasteiger partial charge in [0.25, 0.3) is 0 Å². The predicted octanol–water partition coefficient (Wildman–Crippen LogP) is 3.47. The van der Waals surface area contributed by atoms with Gasteiger partial charge in [-0.1, -0.05) is 30.3 Å². The minimum Gasteiger partial charge on any atom is -0.342 e. The fraction of sp³-hybridized carbons (Fsp3) is 0.333. The van der Waals surface area contributed by atoms with Crippen molar-refractivity contribution < 1.29 is 14.0 Å². The number of nitrogens with zero attached hydrogens (tertiary/aromatic N) is 1. The second-order valence-electron chi connectivity index (χ2n) is 6.87. The van der Waals surface area contributed by atoms with E-state index in [-0.39, 0.29) is 30.0 Å². The molecule has 1 atom stereocenters. The highest BCUT2D eigenvalue weighted by molar-refractivity contribution is 5.98. The van der Waals surface area contributed by atoms with Crippen molar-refractivity contribution in [3.63, 3.8) is 0 Å². The molecule has 136 valence electrons. The van der Waals surface area contributed by atoms with Crippen LogP contribution in [0.1, 0.15) is 23.1 Å². The van der Waals surface area contributed by atoms with E-state index in [1.165, 1.54) is 12.1 Å². The van der Waals surface area contributed by atoms with Crippen LogP contribution in [0.2, 0.25) is 0 Å². The van der Waals surface area contributed by atoms with Crippen molar-refractivity contribution in [1.29, 1.82) is 0 Å². The van der Waals surface area contributed by atoms with E-state index in [9.17, 15) is 14.0 Å². The van der Waals surface area contributed by atoms with Crippen LogP contribution in [-0.2, 0) is 16.0 Å². The Morgan fingerprint density at radius 1 is 1.15 bits per heavy atom. The van der Waals surface area contributed by atoms with E-state index in [1.807, 2.05) is 32.0 Å². The van der Waals surface area contributed by atoms with Gasteiger partial charge in [-0.25, -0.2) is 4.39 Å². The molecule has 1 fully saturated rings. The number of amides is 2. The molecule has 1 heterocycles. The van der Waals surface area contributed by atoms with Crippen LogP contribution in [0.15, 0.2) is 42.5 Å². The van der Waals surface area contributed by atoms with Gasteiger partial charge in [0.05, 0.1) is 5.92 Å². The molecule has 1 saturated heterocycles. The monoisotopic (exact) mass is 354 g/mol. The molecule has 0 aliphatic carbocycles. The van der Waals surface area contributed by atoms with Gasteiger partial charge >= 0.3 is 0 Å². The van der Waals surface area contributed by atoms with Crippen LogP contribution in [0.3, 0.4) is 0 Å². The van der Waals surface area contributed by atoms with Crippen molar-refractivity contribution in [3.8, 4) is 0 Å². The van der Waals surface area contributed by atoms with Gasteiger partial charge in [0.1, 0.15) is 5.82 Å². The number of hydrogen-bond donors (Lipinski definition) is 1. The largest absolute Gasteiger partial charge is 0.342 e. The molecular weight excluding hydrogens is 331 g/mol. The number of likely N-dealkylation sites (tertiary alicyclic amines) is 1. The maximum atomic E-state index is 13.0. The van der Waals surface area contributed by atoms with Gasteiger partial charge in [0.2, 0.25) is 11.8 Å². The lowest BCUT2D eigenvalue weighted by Gasteiger charge is -2.17. The van der Waals surface area contributed by atoms with Crippen molar-refractivity contribution in [1.82, 2.24) is 4.90 Å². The van der Waals surface area contributed by atoms with Gasteiger partial charge in [0.15, 0.2) is 0 Å². The summed E-state index contributed by atoms with van der Waals surface area (Å²) in [6, 6.07) is 12.2. The number of carbonyl (C=O) groups excluding carboxylic acids is 2. The molecule has 0 saturated carbocycles. The molecule has 0 spiro atoms. The number of para-hydroxylation sites is 1. The first-order chi connectivity index (χ1) is 12.4. The lowest BCUT2D eigenvalue weighted by atomic mass is 10.1. The third kappa shape index (κ3) is 4.10. The SMILES string of the molecule is Cc1cccc(C)c1NC(=O)C1CC(=O)N(CCc2ccc(F)cc2)C1. The van der Waals surface area contributed by atoms with Crippen LogP contribution >= 0.6 is 0 Å². The maximum Gasteiger partial charge on any atom is 0.229 e. The third-order valence-electron chi connectivity index (χ3n) is 4.90. The van der Waals surface area contributed by atoms with Crippen molar-refractivity contribution in [3.05, 3.63) is 65.0 Å². The molecule has 1 unspecified atom stereocenters. The number of aryl methyl sites for hydroxylation is 2. The first kappa shape index (κ1) is 18.1. The average molecular weight is 354 g/mol. The van der Waals surface area contributed by atoms with E-state index < -0.39 is 0 Å². The normalized spacial score (nSPS) is 16.8. The second kappa shape index (κ2) is 7.68. The minimum atomic E-state index is -0.338. The molecule has 26 heavy (non-hydrogen) atoms. The zero-order chi connectivity index (χ0) is 18.7. The summed E-state index contributed by atoms with van der Waals surface area (Å²) in [5.41, 5.74) is 3.82. The van der Waals surface area contributed by atoms with Crippen LogP contribution in [0, 0.1) is 25.6 Å². The van der Waals surface area contributed by atoms with E-state index in [4.69, 9.17) is 0 Å². The molecule has 1 N–H and O–H groups in total. The lowest BCUT2D eigenvalue weighted by Crippen LogP contribution is -2.30.